The number of urea groups is 1. The standard InChI is InChI=1S/C16H25N5O3/c1-12-8-17-20(9-12)11-13-10-19(6-7-24-13)4-5-21-14(22)16(2,3)18-15(21)23/h8-9,13H,4-7,10-11H2,1-3H3,(H,18,23)/t13-/m0/s1. The Bertz CT molecular complexity index is 627. The van der Waals surface area contributed by atoms with E-state index >= 15 is 0 Å². The molecule has 0 radical (unpaired) electrons. The van der Waals surface area contributed by atoms with E-state index in [1.165, 1.54) is 4.90 Å². The Hall–Kier alpha value is -1.93. The molecule has 2 aliphatic rings. The van der Waals surface area contributed by atoms with Gasteiger partial charge in [-0.15, -0.1) is 0 Å². The molecule has 3 rings (SSSR count). The predicted octanol–water partition coefficient (Wildman–Crippen LogP) is 0.223. The first-order valence-corrected chi connectivity index (χ1v) is 8.32. The highest BCUT2D eigenvalue weighted by atomic mass is 16.5. The number of ether oxygens (including phenoxy) is 1. The Balaban J connectivity index is 1.51. The van der Waals surface area contributed by atoms with Crippen LogP contribution < -0.4 is 5.32 Å². The Morgan fingerprint density at radius 3 is 2.79 bits per heavy atom. The average Bonchev–Trinajstić information content (AvgIpc) is 2.99. The largest absolute Gasteiger partial charge is 0.374 e. The number of aromatic nitrogens is 2. The van der Waals surface area contributed by atoms with Gasteiger partial charge in [0, 0.05) is 32.4 Å². The molecule has 2 fully saturated rings. The lowest BCUT2D eigenvalue weighted by molar-refractivity contribution is -0.130. The van der Waals surface area contributed by atoms with Crippen LogP contribution in [0, 0.1) is 6.92 Å². The fourth-order valence-electron chi connectivity index (χ4n) is 3.13. The number of amides is 3. The second-order valence-corrected chi connectivity index (χ2v) is 7.05. The first kappa shape index (κ1) is 16.9. The molecule has 0 spiro atoms. The van der Waals surface area contributed by atoms with E-state index in [4.69, 9.17) is 4.74 Å². The van der Waals surface area contributed by atoms with Gasteiger partial charge in [0.25, 0.3) is 5.91 Å². The molecule has 0 aliphatic carbocycles. The van der Waals surface area contributed by atoms with Crippen molar-refractivity contribution in [1.29, 1.82) is 0 Å². The molecule has 2 saturated heterocycles. The van der Waals surface area contributed by atoms with Crippen LogP contribution in [0.5, 0.6) is 0 Å². The molecule has 1 N–H and O–H groups in total. The number of aryl methyl sites for hydroxylation is 1. The molecule has 3 heterocycles. The average molecular weight is 335 g/mol. The maximum atomic E-state index is 12.2. The van der Waals surface area contributed by atoms with Crippen molar-refractivity contribution < 1.29 is 14.3 Å². The predicted molar refractivity (Wildman–Crippen MR) is 87.5 cm³/mol. The number of nitrogens with zero attached hydrogens (tertiary/aromatic N) is 4. The molecule has 24 heavy (non-hydrogen) atoms. The maximum absolute atomic E-state index is 12.2. The molecule has 3 amide bonds. The minimum Gasteiger partial charge on any atom is -0.374 e. The number of imide groups is 1. The molecular weight excluding hydrogens is 310 g/mol. The van der Waals surface area contributed by atoms with E-state index in [0.29, 0.717) is 26.2 Å². The van der Waals surface area contributed by atoms with E-state index in [-0.39, 0.29) is 18.0 Å². The van der Waals surface area contributed by atoms with Crippen LogP contribution in [0.3, 0.4) is 0 Å². The third kappa shape index (κ3) is 3.59. The highest BCUT2D eigenvalue weighted by Crippen LogP contribution is 2.16. The van der Waals surface area contributed by atoms with Crippen molar-refractivity contribution in [2.75, 3.05) is 32.8 Å². The lowest BCUT2D eigenvalue weighted by atomic mass is 10.1. The quantitative estimate of drug-likeness (QED) is 0.779. The van der Waals surface area contributed by atoms with Gasteiger partial charge in [-0.2, -0.15) is 5.10 Å². The van der Waals surface area contributed by atoms with Crippen LogP contribution in [0.25, 0.3) is 0 Å². The van der Waals surface area contributed by atoms with E-state index < -0.39 is 5.54 Å². The normalized spacial score (nSPS) is 24.5. The molecule has 8 heteroatoms. The fourth-order valence-corrected chi connectivity index (χ4v) is 3.13. The van der Waals surface area contributed by atoms with Gasteiger partial charge in [-0.25, -0.2) is 4.79 Å². The number of carbonyl (C=O) groups is 2. The van der Waals surface area contributed by atoms with Gasteiger partial charge in [-0.1, -0.05) is 0 Å². The van der Waals surface area contributed by atoms with Crippen LogP contribution >= 0.6 is 0 Å². The van der Waals surface area contributed by atoms with Crippen LogP contribution in [0.4, 0.5) is 4.79 Å². The molecule has 1 aromatic rings. The molecule has 1 atom stereocenters. The van der Waals surface area contributed by atoms with Crippen molar-refractivity contribution in [3.63, 3.8) is 0 Å². The number of hydrogen-bond donors (Lipinski definition) is 1. The van der Waals surface area contributed by atoms with E-state index in [0.717, 1.165) is 18.7 Å². The molecule has 0 unspecified atom stereocenters. The van der Waals surface area contributed by atoms with E-state index in [1.54, 1.807) is 13.8 Å². The summed E-state index contributed by atoms with van der Waals surface area (Å²) in [6.45, 7) is 9.46. The second-order valence-electron chi connectivity index (χ2n) is 7.05. The fraction of sp³-hybridized carbons (Fsp3) is 0.688. The summed E-state index contributed by atoms with van der Waals surface area (Å²) in [6.07, 6.45) is 3.90. The number of hydrogen-bond acceptors (Lipinski definition) is 5. The van der Waals surface area contributed by atoms with Crippen molar-refractivity contribution >= 4 is 11.9 Å². The topological polar surface area (TPSA) is 79.7 Å². The highest BCUT2D eigenvalue weighted by Gasteiger charge is 2.44. The smallest absolute Gasteiger partial charge is 0.325 e. The summed E-state index contributed by atoms with van der Waals surface area (Å²) >= 11 is 0. The van der Waals surface area contributed by atoms with Crippen molar-refractivity contribution in [3.8, 4) is 0 Å². The molecular formula is C16H25N5O3. The molecule has 8 nitrogen and oxygen atoms in total. The molecule has 0 saturated carbocycles. The van der Waals surface area contributed by atoms with Crippen LogP contribution in [0.15, 0.2) is 12.4 Å². The van der Waals surface area contributed by atoms with Gasteiger partial charge >= 0.3 is 6.03 Å². The molecule has 0 bridgehead atoms. The SMILES string of the molecule is Cc1cnn(C[C@@H]2CN(CCN3C(=O)NC(C)(C)C3=O)CCO2)c1. The van der Waals surface area contributed by atoms with E-state index in [9.17, 15) is 9.59 Å². The van der Waals surface area contributed by atoms with Crippen LogP contribution in [-0.4, -0.2) is 75.9 Å². The van der Waals surface area contributed by atoms with E-state index in [2.05, 4.69) is 15.3 Å². The van der Waals surface area contributed by atoms with Crippen molar-refractivity contribution in [3.05, 3.63) is 18.0 Å². The van der Waals surface area contributed by atoms with Gasteiger partial charge < -0.3 is 10.1 Å². The lowest BCUT2D eigenvalue weighted by Gasteiger charge is -2.33. The third-order valence-electron chi connectivity index (χ3n) is 4.46. The summed E-state index contributed by atoms with van der Waals surface area (Å²) in [6, 6.07) is -0.304. The summed E-state index contributed by atoms with van der Waals surface area (Å²) in [4.78, 5) is 27.7. The summed E-state index contributed by atoms with van der Waals surface area (Å²) in [5, 5.41) is 7.00. The summed E-state index contributed by atoms with van der Waals surface area (Å²) < 4.78 is 7.70. The van der Waals surface area contributed by atoms with Crippen molar-refractivity contribution in [1.82, 2.24) is 24.9 Å². The number of nitrogens with one attached hydrogen (secondary N) is 1. The minimum atomic E-state index is -0.803. The molecule has 2 aliphatic heterocycles. The van der Waals surface area contributed by atoms with Crippen LogP contribution in [0.1, 0.15) is 19.4 Å². The minimum absolute atomic E-state index is 0.0672. The van der Waals surface area contributed by atoms with Crippen molar-refractivity contribution in [2.45, 2.75) is 39.0 Å². The van der Waals surface area contributed by atoms with Crippen LogP contribution in [-0.2, 0) is 16.1 Å². The second kappa shape index (κ2) is 6.52. The number of carbonyl (C=O) groups excluding carboxylic acids is 2. The van der Waals surface area contributed by atoms with Gasteiger partial charge in [-0.3, -0.25) is 19.3 Å². The van der Waals surface area contributed by atoms with Gasteiger partial charge in [-0.05, 0) is 26.3 Å². The zero-order chi connectivity index (χ0) is 17.3. The molecule has 132 valence electrons. The Labute approximate surface area is 141 Å². The summed E-state index contributed by atoms with van der Waals surface area (Å²) in [7, 11) is 0. The molecule has 1 aromatic heterocycles. The monoisotopic (exact) mass is 335 g/mol. The van der Waals surface area contributed by atoms with E-state index in [1.807, 2.05) is 24.0 Å². The maximum Gasteiger partial charge on any atom is 0.325 e. The van der Waals surface area contributed by atoms with Gasteiger partial charge in [0.2, 0.25) is 0 Å². The highest BCUT2D eigenvalue weighted by molar-refractivity contribution is 6.06. The van der Waals surface area contributed by atoms with Gasteiger partial charge in [0.15, 0.2) is 0 Å². The zero-order valence-electron chi connectivity index (χ0n) is 14.5. The lowest BCUT2D eigenvalue weighted by Crippen LogP contribution is -2.48. The molecule has 0 aromatic carbocycles. The summed E-state index contributed by atoms with van der Waals surface area (Å²) in [5.74, 6) is -0.163. The zero-order valence-corrected chi connectivity index (χ0v) is 14.5. The Morgan fingerprint density at radius 2 is 2.17 bits per heavy atom. The number of morpholine rings is 1. The third-order valence-corrected chi connectivity index (χ3v) is 4.46. The Morgan fingerprint density at radius 1 is 1.38 bits per heavy atom. The first-order valence-electron chi connectivity index (χ1n) is 8.32. The number of rotatable bonds is 5. The van der Waals surface area contributed by atoms with Crippen molar-refractivity contribution in [2.24, 2.45) is 0 Å². The first-order chi connectivity index (χ1) is 11.3. The van der Waals surface area contributed by atoms with Gasteiger partial charge in [0.1, 0.15) is 5.54 Å². The van der Waals surface area contributed by atoms with Gasteiger partial charge in [0.05, 0.1) is 25.5 Å². The summed E-state index contributed by atoms with van der Waals surface area (Å²) in [5.41, 5.74) is 0.326. The van der Waals surface area contributed by atoms with Crippen LogP contribution in [0.2, 0.25) is 0 Å². The Kier molecular flexibility index (Phi) is 4.60.